The first-order valence-corrected chi connectivity index (χ1v) is 9.63. The van der Waals surface area contributed by atoms with Gasteiger partial charge in [0.15, 0.2) is 11.6 Å². The van der Waals surface area contributed by atoms with E-state index in [1.54, 1.807) is 31.3 Å². The molecule has 0 radical (unpaired) electrons. The van der Waals surface area contributed by atoms with Gasteiger partial charge in [-0.15, -0.1) is 0 Å². The summed E-state index contributed by atoms with van der Waals surface area (Å²) in [4.78, 5) is 39.1. The number of nitro groups is 1. The van der Waals surface area contributed by atoms with Gasteiger partial charge in [-0.25, -0.2) is 0 Å². The third-order valence-corrected chi connectivity index (χ3v) is 5.79. The van der Waals surface area contributed by atoms with Crippen molar-refractivity contribution in [3.8, 4) is 5.75 Å². The molecule has 3 aromatic rings. The lowest BCUT2D eigenvalue weighted by Crippen LogP contribution is -2.60. The fraction of sp³-hybridized carbons (Fsp3) is 0.130. The Morgan fingerprint density at radius 3 is 2.48 bits per heavy atom. The number of anilines is 2. The van der Waals surface area contributed by atoms with Crippen LogP contribution in [0.3, 0.4) is 0 Å². The molecular weight excluding hydrogens is 398 g/mol. The van der Waals surface area contributed by atoms with Crippen molar-refractivity contribution < 1.29 is 19.2 Å². The van der Waals surface area contributed by atoms with E-state index < -0.39 is 22.3 Å². The van der Waals surface area contributed by atoms with Gasteiger partial charge in [0, 0.05) is 36.0 Å². The van der Waals surface area contributed by atoms with Crippen molar-refractivity contribution in [2.45, 2.75) is 11.6 Å². The zero-order chi connectivity index (χ0) is 21.8. The van der Waals surface area contributed by atoms with Crippen LogP contribution in [0, 0.1) is 10.1 Å². The highest BCUT2D eigenvalue weighted by Crippen LogP contribution is 2.49. The number of carbonyl (C=O) groups is 2. The molecule has 31 heavy (non-hydrogen) atoms. The maximum atomic E-state index is 13.6. The molecule has 0 aliphatic carbocycles. The van der Waals surface area contributed by atoms with E-state index in [1.807, 2.05) is 24.3 Å². The first-order valence-electron chi connectivity index (χ1n) is 9.63. The molecule has 2 atom stereocenters. The predicted molar refractivity (Wildman–Crippen MR) is 113 cm³/mol. The second-order valence-corrected chi connectivity index (χ2v) is 7.48. The van der Waals surface area contributed by atoms with Crippen LogP contribution in [-0.4, -0.2) is 29.8 Å². The number of Topliss-reactive ketones (excluding diaryl/α,β-unsaturated/α-hetero) is 1. The lowest BCUT2D eigenvalue weighted by molar-refractivity contribution is -0.384. The summed E-state index contributed by atoms with van der Waals surface area (Å²) < 4.78 is 6.15. The van der Waals surface area contributed by atoms with E-state index in [0.29, 0.717) is 22.7 Å². The molecular formula is C23H17N3O5. The molecule has 0 saturated carbocycles. The Hall–Kier alpha value is -4.20. The van der Waals surface area contributed by atoms with Crippen LogP contribution in [0.5, 0.6) is 5.75 Å². The first-order chi connectivity index (χ1) is 14.9. The minimum atomic E-state index is -1.46. The SMILES string of the molecule is CN1C(=O)[C@]2(Nc3ccccc3O[C@@H]2C(=O)c2ccc([N+](=O)[O-])cc2)c2ccccc21. The number of rotatable bonds is 3. The molecule has 0 saturated heterocycles. The summed E-state index contributed by atoms with van der Waals surface area (Å²) in [6.45, 7) is 0. The van der Waals surface area contributed by atoms with Crippen molar-refractivity contribution >= 4 is 28.8 Å². The molecule has 5 rings (SSSR count). The zero-order valence-electron chi connectivity index (χ0n) is 16.4. The predicted octanol–water partition coefficient (Wildman–Crippen LogP) is 3.52. The van der Waals surface area contributed by atoms with Crippen LogP contribution in [0.2, 0.25) is 0 Å². The maximum Gasteiger partial charge on any atom is 0.269 e. The average molecular weight is 415 g/mol. The topological polar surface area (TPSA) is 102 Å². The molecule has 0 bridgehead atoms. The number of hydrogen-bond donors (Lipinski definition) is 1. The molecule has 0 fully saturated rings. The number of benzene rings is 3. The molecule has 8 nitrogen and oxygen atoms in total. The molecule has 1 spiro atoms. The van der Waals surface area contributed by atoms with Gasteiger partial charge < -0.3 is 15.0 Å². The van der Waals surface area contributed by atoms with Crippen LogP contribution in [-0.2, 0) is 10.3 Å². The van der Waals surface area contributed by atoms with Crippen molar-refractivity contribution in [1.82, 2.24) is 0 Å². The molecule has 8 heteroatoms. The first kappa shape index (κ1) is 18.8. The smallest absolute Gasteiger partial charge is 0.269 e. The molecule has 0 aromatic heterocycles. The fourth-order valence-electron chi connectivity index (χ4n) is 4.28. The summed E-state index contributed by atoms with van der Waals surface area (Å²) in [5.74, 6) is -0.313. The highest BCUT2D eigenvalue weighted by Gasteiger charge is 2.61. The molecule has 3 aromatic carbocycles. The van der Waals surface area contributed by atoms with E-state index in [1.165, 1.54) is 29.2 Å². The van der Waals surface area contributed by atoms with Gasteiger partial charge in [-0.05, 0) is 30.3 Å². The second-order valence-electron chi connectivity index (χ2n) is 7.48. The van der Waals surface area contributed by atoms with Gasteiger partial charge in [0.25, 0.3) is 11.6 Å². The van der Waals surface area contributed by atoms with E-state index in [0.717, 1.165) is 0 Å². The number of non-ortho nitro benzene ring substituents is 1. The monoisotopic (exact) mass is 415 g/mol. The average Bonchev–Trinajstić information content (AvgIpc) is 3.01. The van der Waals surface area contributed by atoms with E-state index >= 15 is 0 Å². The Labute approximate surface area is 177 Å². The van der Waals surface area contributed by atoms with Gasteiger partial charge in [-0.1, -0.05) is 30.3 Å². The largest absolute Gasteiger partial charge is 0.477 e. The van der Waals surface area contributed by atoms with Crippen molar-refractivity contribution in [1.29, 1.82) is 0 Å². The van der Waals surface area contributed by atoms with Crippen LogP contribution in [0.1, 0.15) is 15.9 Å². The number of para-hydroxylation sites is 3. The molecule has 0 unspecified atom stereocenters. The summed E-state index contributed by atoms with van der Waals surface area (Å²) in [5, 5.41) is 14.3. The number of amides is 1. The number of nitrogens with one attached hydrogen (secondary N) is 1. The van der Waals surface area contributed by atoms with Gasteiger partial charge in [-0.2, -0.15) is 0 Å². The fourth-order valence-corrected chi connectivity index (χ4v) is 4.28. The van der Waals surface area contributed by atoms with E-state index in [-0.39, 0.29) is 17.2 Å². The van der Waals surface area contributed by atoms with Crippen LogP contribution in [0.4, 0.5) is 17.1 Å². The Bertz CT molecular complexity index is 1240. The summed E-state index contributed by atoms with van der Waals surface area (Å²) in [6, 6.07) is 19.7. The third kappa shape index (κ3) is 2.61. The molecule has 2 aliphatic rings. The number of nitrogens with zero attached hydrogens (tertiary/aromatic N) is 2. The number of likely N-dealkylation sites (N-methyl/N-ethyl adjacent to an activating group) is 1. The molecule has 154 valence electrons. The van der Waals surface area contributed by atoms with E-state index in [9.17, 15) is 19.7 Å². The van der Waals surface area contributed by atoms with Gasteiger partial charge in [0.05, 0.1) is 10.6 Å². The van der Waals surface area contributed by atoms with Crippen LogP contribution >= 0.6 is 0 Å². The molecule has 1 amide bonds. The quantitative estimate of drug-likeness (QED) is 0.399. The van der Waals surface area contributed by atoms with E-state index in [2.05, 4.69) is 5.32 Å². The number of ether oxygens (including phenoxy) is 1. The lowest BCUT2D eigenvalue weighted by atomic mass is 9.80. The highest BCUT2D eigenvalue weighted by atomic mass is 16.6. The maximum absolute atomic E-state index is 13.6. The van der Waals surface area contributed by atoms with Crippen LogP contribution < -0.4 is 15.0 Å². The standard InChI is InChI=1S/C23H17N3O5/c1-25-18-8-4-2-6-16(18)23(22(25)28)21(31-19-9-5-3-7-17(19)24-23)20(27)14-10-12-15(13-11-14)26(29)30/h2-13,21,24H,1H3/t21-,23+/m1/s1. The minimum Gasteiger partial charge on any atom is -0.477 e. The Kier molecular flexibility index (Phi) is 4.04. The van der Waals surface area contributed by atoms with Gasteiger partial charge in [-0.3, -0.25) is 19.7 Å². The Morgan fingerprint density at radius 2 is 1.74 bits per heavy atom. The zero-order valence-corrected chi connectivity index (χ0v) is 16.4. The summed E-state index contributed by atoms with van der Waals surface area (Å²) in [5.41, 5.74) is 0.561. The molecule has 2 aliphatic heterocycles. The molecule has 1 N–H and O–H groups in total. The Morgan fingerprint density at radius 1 is 1.06 bits per heavy atom. The molecule has 2 heterocycles. The van der Waals surface area contributed by atoms with Gasteiger partial charge in [0.1, 0.15) is 5.75 Å². The number of hydrogen-bond acceptors (Lipinski definition) is 6. The number of ketones is 1. The summed E-state index contributed by atoms with van der Waals surface area (Å²) in [7, 11) is 1.66. The number of fused-ring (bicyclic) bond motifs is 3. The minimum absolute atomic E-state index is 0.124. The number of nitro benzene ring substituents is 1. The third-order valence-electron chi connectivity index (χ3n) is 5.79. The van der Waals surface area contributed by atoms with Crippen molar-refractivity contribution in [3.63, 3.8) is 0 Å². The summed E-state index contributed by atoms with van der Waals surface area (Å²) in [6.07, 6.45) is -1.21. The normalized spacial score (nSPS) is 21.1. The van der Waals surface area contributed by atoms with Crippen molar-refractivity contribution in [2.24, 2.45) is 0 Å². The highest BCUT2D eigenvalue weighted by molar-refractivity contribution is 6.15. The summed E-state index contributed by atoms with van der Waals surface area (Å²) >= 11 is 0. The van der Waals surface area contributed by atoms with Crippen molar-refractivity contribution in [2.75, 3.05) is 17.3 Å². The Balaban J connectivity index is 1.68. The van der Waals surface area contributed by atoms with Crippen molar-refractivity contribution in [3.05, 3.63) is 94.0 Å². The number of carbonyl (C=O) groups excluding carboxylic acids is 2. The van der Waals surface area contributed by atoms with E-state index in [4.69, 9.17) is 4.74 Å². The van der Waals surface area contributed by atoms with Crippen LogP contribution in [0.15, 0.2) is 72.8 Å². The van der Waals surface area contributed by atoms with Crippen LogP contribution in [0.25, 0.3) is 0 Å². The second kappa shape index (κ2) is 6.66. The van der Waals surface area contributed by atoms with Gasteiger partial charge in [0.2, 0.25) is 5.78 Å². The van der Waals surface area contributed by atoms with Gasteiger partial charge >= 0.3 is 0 Å². The lowest BCUT2D eigenvalue weighted by Gasteiger charge is -2.41.